The minimum atomic E-state index is -0.886. The van der Waals surface area contributed by atoms with Crippen LogP contribution in [0.15, 0.2) is 0 Å². The van der Waals surface area contributed by atoms with Gasteiger partial charge in [0.2, 0.25) is 0 Å². The highest BCUT2D eigenvalue weighted by Crippen LogP contribution is 2.21. The summed E-state index contributed by atoms with van der Waals surface area (Å²) in [6, 6.07) is -0.601. The van der Waals surface area contributed by atoms with Crippen LogP contribution in [0, 0.1) is 0 Å². The Morgan fingerprint density at radius 1 is 1.17 bits per heavy atom. The van der Waals surface area contributed by atoms with E-state index in [4.69, 9.17) is 5.11 Å². The first-order valence-corrected chi connectivity index (χ1v) is 6.49. The van der Waals surface area contributed by atoms with E-state index in [1.807, 2.05) is 14.0 Å². The van der Waals surface area contributed by atoms with Gasteiger partial charge in [-0.05, 0) is 26.8 Å². The third-order valence-electron chi connectivity index (χ3n) is 3.86. The summed E-state index contributed by atoms with van der Waals surface area (Å²) in [6.45, 7) is 4.95. The first-order chi connectivity index (χ1) is 8.50. The van der Waals surface area contributed by atoms with Gasteiger partial charge in [0.15, 0.2) is 0 Å². The molecule has 0 saturated carbocycles. The Labute approximate surface area is 107 Å². The number of hydrogen-bond donors (Lipinski definition) is 1. The van der Waals surface area contributed by atoms with Crippen molar-refractivity contribution >= 4 is 12.0 Å². The first kappa shape index (κ1) is 13.1. The predicted octanol–water partition coefficient (Wildman–Crippen LogP) is 0.291. The van der Waals surface area contributed by atoms with Gasteiger partial charge in [-0.1, -0.05) is 0 Å². The maximum Gasteiger partial charge on any atom is 0.326 e. The molecule has 0 aromatic heterocycles. The Morgan fingerprint density at radius 2 is 1.89 bits per heavy atom. The maximum atomic E-state index is 12.4. The Kier molecular flexibility index (Phi) is 3.75. The van der Waals surface area contributed by atoms with Crippen LogP contribution >= 0.6 is 0 Å². The normalized spacial score (nSPS) is 29.7. The van der Waals surface area contributed by atoms with Crippen LogP contribution in [0.4, 0.5) is 4.79 Å². The van der Waals surface area contributed by atoms with Gasteiger partial charge in [0.25, 0.3) is 0 Å². The fourth-order valence-corrected chi connectivity index (χ4v) is 2.84. The highest BCUT2D eigenvalue weighted by atomic mass is 16.4. The number of hydrogen-bond acceptors (Lipinski definition) is 3. The molecule has 0 aromatic rings. The number of carboxylic acid groups (broad SMARTS) is 1. The molecule has 0 bridgehead atoms. The van der Waals surface area contributed by atoms with Gasteiger partial charge in [-0.15, -0.1) is 0 Å². The molecule has 6 heteroatoms. The number of carbonyl (C=O) groups excluding carboxylic acids is 1. The molecule has 2 amide bonds. The van der Waals surface area contributed by atoms with Crippen LogP contribution < -0.4 is 0 Å². The van der Waals surface area contributed by atoms with Crippen molar-refractivity contribution in [3.05, 3.63) is 0 Å². The van der Waals surface area contributed by atoms with Crippen LogP contribution in [0.3, 0.4) is 0 Å². The maximum absolute atomic E-state index is 12.4. The number of urea groups is 1. The van der Waals surface area contributed by atoms with E-state index in [2.05, 4.69) is 4.90 Å². The second-order valence-corrected chi connectivity index (χ2v) is 5.28. The van der Waals surface area contributed by atoms with Gasteiger partial charge in [-0.3, -0.25) is 0 Å². The number of carbonyl (C=O) groups is 2. The second kappa shape index (κ2) is 5.14. The monoisotopic (exact) mass is 255 g/mol. The van der Waals surface area contributed by atoms with Gasteiger partial charge in [0.1, 0.15) is 6.04 Å². The quantitative estimate of drug-likeness (QED) is 0.731. The number of nitrogens with zero attached hydrogens (tertiary/aromatic N) is 3. The average Bonchev–Trinajstić information content (AvgIpc) is 2.77. The van der Waals surface area contributed by atoms with Gasteiger partial charge in [-0.25, -0.2) is 9.59 Å². The van der Waals surface area contributed by atoms with E-state index in [0.717, 1.165) is 19.5 Å². The lowest BCUT2D eigenvalue weighted by Gasteiger charge is -2.40. The SMILES string of the molecule is CC1CN(C)CCN1C(=O)N1CCCC1C(=O)O. The molecule has 2 unspecified atom stereocenters. The molecule has 2 aliphatic rings. The van der Waals surface area contributed by atoms with Crippen LogP contribution in [0.1, 0.15) is 19.8 Å². The highest BCUT2D eigenvalue weighted by Gasteiger charge is 2.38. The predicted molar refractivity (Wildman–Crippen MR) is 66.4 cm³/mol. The number of likely N-dealkylation sites (tertiary alicyclic amines) is 1. The largest absolute Gasteiger partial charge is 0.480 e. The molecule has 18 heavy (non-hydrogen) atoms. The Balaban J connectivity index is 2.04. The van der Waals surface area contributed by atoms with Crippen molar-refractivity contribution in [2.45, 2.75) is 31.8 Å². The summed E-state index contributed by atoms with van der Waals surface area (Å²) in [7, 11) is 2.04. The lowest BCUT2D eigenvalue weighted by atomic mass is 10.2. The van der Waals surface area contributed by atoms with Crippen molar-refractivity contribution in [2.24, 2.45) is 0 Å². The van der Waals surface area contributed by atoms with Crippen LogP contribution in [0.5, 0.6) is 0 Å². The minimum absolute atomic E-state index is 0.111. The lowest BCUT2D eigenvalue weighted by Crippen LogP contribution is -2.57. The molecule has 2 atom stereocenters. The number of carboxylic acids is 1. The van der Waals surface area contributed by atoms with Crippen LogP contribution in [0.25, 0.3) is 0 Å². The number of likely N-dealkylation sites (N-methyl/N-ethyl adjacent to an activating group) is 1. The number of aliphatic carboxylic acids is 1. The molecular weight excluding hydrogens is 234 g/mol. The summed E-state index contributed by atoms with van der Waals surface area (Å²) in [5.74, 6) is -0.886. The zero-order valence-electron chi connectivity index (χ0n) is 11.0. The van der Waals surface area contributed by atoms with E-state index in [-0.39, 0.29) is 12.1 Å². The van der Waals surface area contributed by atoms with Gasteiger partial charge in [0.05, 0.1) is 0 Å². The molecule has 0 aromatic carbocycles. The summed E-state index contributed by atoms with van der Waals surface area (Å²) >= 11 is 0. The standard InChI is InChI=1S/C12H21N3O3/c1-9-8-13(2)6-7-14(9)12(18)15-5-3-4-10(15)11(16)17/h9-10H,3-8H2,1-2H3,(H,16,17). The Morgan fingerprint density at radius 3 is 2.50 bits per heavy atom. The fourth-order valence-electron chi connectivity index (χ4n) is 2.84. The third kappa shape index (κ3) is 2.43. The van der Waals surface area contributed by atoms with Crippen molar-refractivity contribution in [3.8, 4) is 0 Å². The molecule has 0 spiro atoms. The molecule has 102 valence electrons. The summed E-state index contributed by atoms with van der Waals surface area (Å²) in [4.78, 5) is 29.0. The van der Waals surface area contributed by atoms with E-state index in [9.17, 15) is 9.59 Å². The molecule has 2 aliphatic heterocycles. The molecule has 2 rings (SSSR count). The first-order valence-electron chi connectivity index (χ1n) is 6.49. The Hall–Kier alpha value is -1.30. The molecule has 1 N–H and O–H groups in total. The summed E-state index contributed by atoms with van der Waals surface area (Å²) in [5, 5.41) is 9.12. The van der Waals surface area contributed by atoms with Gasteiger partial charge < -0.3 is 19.8 Å². The highest BCUT2D eigenvalue weighted by molar-refractivity contribution is 5.83. The zero-order valence-corrected chi connectivity index (χ0v) is 11.0. The van der Waals surface area contributed by atoms with Gasteiger partial charge in [0, 0.05) is 32.2 Å². The lowest BCUT2D eigenvalue weighted by molar-refractivity contribution is -0.141. The van der Waals surface area contributed by atoms with Crippen molar-refractivity contribution in [2.75, 3.05) is 33.2 Å². The van der Waals surface area contributed by atoms with E-state index in [0.29, 0.717) is 19.5 Å². The average molecular weight is 255 g/mol. The Bertz CT molecular complexity index is 347. The fraction of sp³-hybridized carbons (Fsp3) is 0.833. The van der Waals surface area contributed by atoms with Gasteiger partial charge in [-0.2, -0.15) is 0 Å². The summed E-state index contributed by atoms with van der Waals surface area (Å²) in [5.41, 5.74) is 0. The molecule has 6 nitrogen and oxygen atoms in total. The van der Waals surface area contributed by atoms with Crippen LogP contribution in [0.2, 0.25) is 0 Å². The smallest absolute Gasteiger partial charge is 0.326 e. The third-order valence-corrected chi connectivity index (χ3v) is 3.86. The summed E-state index contributed by atoms with van der Waals surface area (Å²) in [6.07, 6.45) is 1.36. The molecule has 0 aliphatic carbocycles. The van der Waals surface area contributed by atoms with Crippen LogP contribution in [-0.2, 0) is 4.79 Å². The van der Waals surface area contributed by atoms with Crippen LogP contribution in [-0.4, -0.2) is 77.1 Å². The topological polar surface area (TPSA) is 64.1 Å². The number of piperazine rings is 1. The van der Waals surface area contributed by atoms with E-state index < -0.39 is 12.0 Å². The van der Waals surface area contributed by atoms with Crippen molar-refractivity contribution in [3.63, 3.8) is 0 Å². The second-order valence-electron chi connectivity index (χ2n) is 5.28. The van der Waals surface area contributed by atoms with Crippen molar-refractivity contribution in [1.29, 1.82) is 0 Å². The van der Waals surface area contributed by atoms with Crippen molar-refractivity contribution < 1.29 is 14.7 Å². The van der Waals surface area contributed by atoms with E-state index >= 15 is 0 Å². The molecule has 2 fully saturated rings. The number of amides is 2. The van der Waals surface area contributed by atoms with Gasteiger partial charge >= 0.3 is 12.0 Å². The van der Waals surface area contributed by atoms with E-state index in [1.54, 1.807) is 4.90 Å². The minimum Gasteiger partial charge on any atom is -0.480 e. The molecule has 2 heterocycles. The zero-order chi connectivity index (χ0) is 13.3. The van der Waals surface area contributed by atoms with E-state index in [1.165, 1.54) is 4.90 Å². The summed E-state index contributed by atoms with van der Waals surface area (Å²) < 4.78 is 0. The van der Waals surface area contributed by atoms with Crippen molar-refractivity contribution in [1.82, 2.24) is 14.7 Å². The molecule has 0 radical (unpaired) electrons. The molecular formula is C12H21N3O3. The number of rotatable bonds is 1. The molecule has 2 saturated heterocycles.